The molecule has 1 aromatic rings. The zero-order valence-electron chi connectivity index (χ0n) is 12.5. The minimum absolute atomic E-state index is 0.0260. The molecule has 0 aromatic heterocycles. The SMILES string of the molecule is C[C@@H]1CCC[C@@H](C)N1NC(=O)COc1ccc(C#N)cc1. The third-order valence-electron chi connectivity index (χ3n) is 3.80. The van der Waals surface area contributed by atoms with Crippen LogP contribution in [0.2, 0.25) is 0 Å². The number of benzene rings is 1. The lowest BCUT2D eigenvalue weighted by Crippen LogP contribution is -2.55. The van der Waals surface area contributed by atoms with Crippen molar-refractivity contribution < 1.29 is 9.53 Å². The Labute approximate surface area is 125 Å². The number of carbonyl (C=O) groups is 1. The van der Waals surface area contributed by atoms with Crippen molar-refractivity contribution in [1.82, 2.24) is 10.4 Å². The molecule has 5 nitrogen and oxygen atoms in total. The molecule has 2 rings (SSSR count). The number of nitrogens with zero attached hydrogens (tertiary/aromatic N) is 2. The lowest BCUT2D eigenvalue weighted by atomic mass is 10.00. The number of piperidine rings is 1. The smallest absolute Gasteiger partial charge is 0.272 e. The van der Waals surface area contributed by atoms with Crippen molar-refractivity contribution in [3.8, 4) is 11.8 Å². The van der Waals surface area contributed by atoms with Gasteiger partial charge in [0, 0.05) is 12.1 Å². The van der Waals surface area contributed by atoms with Crippen LogP contribution in [0.3, 0.4) is 0 Å². The van der Waals surface area contributed by atoms with Gasteiger partial charge in [0.2, 0.25) is 0 Å². The Balaban J connectivity index is 1.82. The first-order chi connectivity index (χ1) is 10.1. The molecule has 1 aliphatic rings. The largest absolute Gasteiger partial charge is 0.484 e. The number of ether oxygens (including phenoxy) is 1. The van der Waals surface area contributed by atoms with Gasteiger partial charge in [0.05, 0.1) is 11.6 Å². The molecule has 0 radical (unpaired) electrons. The number of nitrogens with one attached hydrogen (secondary N) is 1. The van der Waals surface area contributed by atoms with Gasteiger partial charge in [-0.05, 0) is 51.0 Å². The summed E-state index contributed by atoms with van der Waals surface area (Å²) in [4.78, 5) is 12.0. The number of carbonyl (C=O) groups excluding carboxylic acids is 1. The molecule has 1 N–H and O–H groups in total. The van der Waals surface area contributed by atoms with Crippen LogP contribution in [0.5, 0.6) is 5.75 Å². The maximum atomic E-state index is 12.0. The van der Waals surface area contributed by atoms with Gasteiger partial charge in [-0.3, -0.25) is 10.2 Å². The minimum atomic E-state index is -0.153. The minimum Gasteiger partial charge on any atom is -0.484 e. The highest BCUT2D eigenvalue weighted by Crippen LogP contribution is 2.20. The molecule has 5 heteroatoms. The third-order valence-corrected chi connectivity index (χ3v) is 3.80. The average molecular weight is 287 g/mol. The molecule has 0 aliphatic carbocycles. The normalized spacial score (nSPS) is 22.3. The maximum absolute atomic E-state index is 12.0. The van der Waals surface area contributed by atoms with Gasteiger partial charge in [0.15, 0.2) is 6.61 Å². The molecular formula is C16H21N3O2. The van der Waals surface area contributed by atoms with E-state index in [1.165, 1.54) is 6.42 Å². The Morgan fingerprint density at radius 1 is 1.33 bits per heavy atom. The van der Waals surface area contributed by atoms with Gasteiger partial charge in [-0.1, -0.05) is 6.42 Å². The van der Waals surface area contributed by atoms with Crippen molar-refractivity contribution in [1.29, 1.82) is 5.26 Å². The second-order valence-corrected chi connectivity index (χ2v) is 5.50. The Kier molecular flexibility index (Phi) is 5.18. The first-order valence-electron chi connectivity index (χ1n) is 7.31. The molecule has 1 aromatic carbocycles. The Morgan fingerprint density at radius 2 is 1.95 bits per heavy atom. The molecular weight excluding hydrogens is 266 g/mol. The van der Waals surface area contributed by atoms with Crippen LogP contribution in [0.4, 0.5) is 0 Å². The summed E-state index contributed by atoms with van der Waals surface area (Å²) in [5.74, 6) is 0.434. The lowest BCUT2D eigenvalue weighted by molar-refractivity contribution is -0.131. The number of hydrazine groups is 1. The van der Waals surface area contributed by atoms with Crippen LogP contribution in [0.1, 0.15) is 38.7 Å². The molecule has 1 fully saturated rings. The molecule has 2 atom stereocenters. The van der Waals surface area contributed by atoms with E-state index in [4.69, 9.17) is 10.00 Å². The van der Waals surface area contributed by atoms with Crippen LogP contribution in [-0.4, -0.2) is 29.6 Å². The molecule has 1 heterocycles. The van der Waals surface area contributed by atoms with Crippen molar-refractivity contribution in [3.63, 3.8) is 0 Å². The second-order valence-electron chi connectivity index (χ2n) is 5.50. The second kappa shape index (κ2) is 7.09. The first-order valence-corrected chi connectivity index (χ1v) is 7.31. The van der Waals surface area contributed by atoms with Crippen LogP contribution >= 0.6 is 0 Å². The summed E-state index contributed by atoms with van der Waals surface area (Å²) >= 11 is 0. The van der Waals surface area contributed by atoms with Gasteiger partial charge in [0.1, 0.15) is 5.75 Å². The standard InChI is InChI=1S/C16H21N3O2/c1-12-4-3-5-13(2)19(12)18-16(20)11-21-15-8-6-14(10-17)7-9-15/h6-9,12-13H,3-5,11H2,1-2H3,(H,18,20)/t12-,13-/m1/s1. The predicted molar refractivity (Wildman–Crippen MR) is 79.4 cm³/mol. The van der Waals surface area contributed by atoms with Crippen molar-refractivity contribution in [2.45, 2.75) is 45.2 Å². The predicted octanol–water partition coefficient (Wildman–Crippen LogP) is 2.23. The van der Waals surface area contributed by atoms with Gasteiger partial charge in [-0.15, -0.1) is 0 Å². The lowest BCUT2D eigenvalue weighted by Gasteiger charge is -2.38. The van der Waals surface area contributed by atoms with E-state index in [1.807, 2.05) is 11.1 Å². The molecule has 1 saturated heterocycles. The van der Waals surface area contributed by atoms with E-state index in [1.54, 1.807) is 24.3 Å². The average Bonchev–Trinajstić information content (AvgIpc) is 2.49. The number of hydrogen-bond donors (Lipinski definition) is 1. The molecule has 1 amide bonds. The number of nitriles is 1. The fourth-order valence-electron chi connectivity index (χ4n) is 2.59. The number of rotatable bonds is 4. The van der Waals surface area contributed by atoms with Crippen LogP contribution in [-0.2, 0) is 4.79 Å². The van der Waals surface area contributed by atoms with Gasteiger partial charge in [-0.2, -0.15) is 5.26 Å². The summed E-state index contributed by atoms with van der Waals surface area (Å²) in [7, 11) is 0. The van der Waals surface area contributed by atoms with Gasteiger partial charge < -0.3 is 4.74 Å². The van der Waals surface area contributed by atoms with Crippen LogP contribution in [0.15, 0.2) is 24.3 Å². The number of hydrogen-bond acceptors (Lipinski definition) is 4. The van der Waals surface area contributed by atoms with E-state index in [0.717, 1.165) is 12.8 Å². The highest BCUT2D eigenvalue weighted by Gasteiger charge is 2.26. The molecule has 21 heavy (non-hydrogen) atoms. The molecule has 0 spiro atoms. The monoisotopic (exact) mass is 287 g/mol. The summed E-state index contributed by atoms with van der Waals surface area (Å²) in [5, 5.41) is 10.7. The molecule has 0 saturated carbocycles. The van der Waals surface area contributed by atoms with E-state index in [-0.39, 0.29) is 12.5 Å². The van der Waals surface area contributed by atoms with Gasteiger partial charge in [0.25, 0.3) is 5.91 Å². The fraction of sp³-hybridized carbons (Fsp3) is 0.500. The van der Waals surface area contributed by atoms with Crippen molar-refractivity contribution in [2.24, 2.45) is 0 Å². The Hall–Kier alpha value is -2.06. The van der Waals surface area contributed by atoms with Crippen molar-refractivity contribution in [2.75, 3.05) is 6.61 Å². The maximum Gasteiger partial charge on any atom is 0.272 e. The van der Waals surface area contributed by atoms with Crippen LogP contribution in [0.25, 0.3) is 0 Å². The Bertz CT molecular complexity index is 511. The highest BCUT2D eigenvalue weighted by molar-refractivity contribution is 5.77. The van der Waals surface area contributed by atoms with Crippen LogP contribution < -0.4 is 10.2 Å². The summed E-state index contributed by atoms with van der Waals surface area (Å²) < 4.78 is 5.43. The van der Waals surface area contributed by atoms with E-state index in [2.05, 4.69) is 19.3 Å². The summed E-state index contributed by atoms with van der Waals surface area (Å²) in [6, 6.07) is 9.47. The molecule has 0 unspecified atom stereocenters. The zero-order chi connectivity index (χ0) is 15.2. The van der Waals surface area contributed by atoms with E-state index < -0.39 is 0 Å². The number of amides is 1. The zero-order valence-corrected chi connectivity index (χ0v) is 12.5. The Morgan fingerprint density at radius 3 is 2.52 bits per heavy atom. The first kappa shape index (κ1) is 15.3. The highest BCUT2D eigenvalue weighted by atomic mass is 16.5. The van der Waals surface area contributed by atoms with E-state index in [0.29, 0.717) is 23.4 Å². The summed E-state index contributed by atoms with van der Waals surface area (Å²) in [6.45, 7) is 4.22. The fourth-order valence-corrected chi connectivity index (χ4v) is 2.59. The molecule has 0 bridgehead atoms. The van der Waals surface area contributed by atoms with Crippen LogP contribution in [0, 0.1) is 11.3 Å². The summed E-state index contributed by atoms with van der Waals surface area (Å²) in [5.41, 5.74) is 3.50. The summed E-state index contributed by atoms with van der Waals surface area (Å²) in [6.07, 6.45) is 3.40. The van der Waals surface area contributed by atoms with Crippen molar-refractivity contribution in [3.05, 3.63) is 29.8 Å². The third kappa shape index (κ3) is 4.20. The molecule has 112 valence electrons. The molecule has 1 aliphatic heterocycles. The quantitative estimate of drug-likeness (QED) is 0.922. The topological polar surface area (TPSA) is 65.4 Å². The van der Waals surface area contributed by atoms with E-state index in [9.17, 15) is 4.79 Å². The van der Waals surface area contributed by atoms with Crippen molar-refractivity contribution >= 4 is 5.91 Å². The van der Waals surface area contributed by atoms with Gasteiger partial charge in [-0.25, -0.2) is 5.01 Å². The van der Waals surface area contributed by atoms with Gasteiger partial charge >= 0.3 is 0 Å². The van der Waals surface area contributed by atoms with E-state index >= 15 is 0 Å².